The average molecular weight is 374 g/mol. The zero-order chi connectivity index (χ0) is 19.5. The number of nitrogens with zero attached hydrogens (tertiary/aromatic N) is 3. The number of hydrogen-bond acceptors (Lipinski definition) is 2. The first-order valence-electron chi connectivity index (χ1n) is 10.1. The molecule has 1 heterocycles. The van der Waals surface area contributed by atoms with E-state index in [9.17, 15) is 4.79 Å². The van der Waals surface area contributed by atoms with Gasteiger partial charge >= 0.3 is 0 Å². The van der Waals surface area contributed by atoms with Gasteiger partial charge in [-0.05, 0) is 42.0 Å². The molecular weight excluding hydrogens is 346 g/mol. The van der Waals surface area contributed by atoms with Crippen LogP contribution in [-0.2, 0) is 30.7 Å². The Balaban J connectivity index is 1.60. The van der Waals surface area contributed by atoms with Crippen LogP contribution in [0.15, 0.2) is 60.9 Å². The van der Waals surface area contributed by atoms with Crippen LogP contribution in [0.3, 0.4) is 0 Å². The zero-order valence-electron chi connectivity index (χ0n) is 16.6. The SMILES string of the molecule is CCn1ccnc1CN(C)C(=O)CC1c2ccccc2CCc2ccccc21. The van der Waals surface area contributed by atoms with Crippen LogP contribution in [-0.4, -0.2) is 27.4 Å². The van der Waals surface area contributed by atoms with Crippen molar-refractivity contribution in [1.82, 2.24) is 14.5 Å². The van der Waals surface area contributed by atoms with Crippen LogP contribution in [0.2, 0.25) is 0 Å². The lowest BCUT2D eigenvalue weighted by Crippen LogP contribution is -2.29. The molecule has 0 N–H and O–H groups in total. The fourth-order valence-corrected chi connectivity index (χ4v) is 4.27. The second kappa shape index (κ2) is 8.01. The van der Waals surface area contributed by atoms with Crippen LogP contribution in [0.1, 0.15) is 47.3 Å². The molecule has 1 amide bonds. The van der Waals surface area contributed by atoms with E-state index in [0.29, 0.717) is 13.0 Å². The summed E-state index contributed by atoms with van der Waals surface area (Å²) in [6.45, 7) is 3.49. The third-order valence-electron chi connectivity index (χ3n) is 5.85. The number of aromatic nitrogens is 2. The first-order valence-corrected chi connectivity index (χ1v) is 10.1. The number of fused-ring (bicyclic) bond motifs is 2. The summed E-state index contributed by atoms with van der Waals surface area (Å²) in [5, 5.41) is 0. The van der Waals surface area contributed by atoms with Crippen LogP contribution < -0.4 is 0 Å². The van der Waals surface area contributed by atoms with E-state index in [1.54, 1.807) is 6.20 Å². The van der Waals surface area contributed by atoms with Crippen LogP contribution in [0, 0.1) is 0 Å². The van der Waals surface area contributed by atoms with Crippen LogP contribution >= 0.6 is 0 Å². The molecule has 1 aliphatic carbocycles. The molecule has 0 radical (unpaired) electrons. The number of carbonyl (C=O) groups excluding carboxylic acids is 1. The fourth-order valence-electron chi connectivity index (χ4n) is 4.27. The molecule has 2 aromatic carbocycles. The van der Waals surface area contributed by atoms with E-state index in [1.165, 1.54) is 22.3 Å². The van der Waals surface area contributed by atoms with Gasteiger partial charge in [-0.1, -0.05) is 48.5 Å². The van der Waals surface area contributed by atoms with Gasteiger partial charge in [-0.15, -0.1) is 0 Å². The fraction of sp³-hybridized carbons (Fsp3) is 0.333. The third kappa shape index (κ3) is 3.59. The average Bonchev–Trinajstić information content (AvgIpc) is 3.11. The summed E-state index contributed by atoms with van der Waals surface area (Å²) in [4.78, 5) is 19.4. The van der Waals surface area contributed by atoms with E-state index in [2.05, 4.69) is 65.0 Å². The van der Waals surface area contributed by atoms with Crippen molar-refractivity contribution in [3.8, 4) is 0 Å². The maximum atomic E-state index is 13.2. The number of benzene rings is 2. The third-order valence-corrected chi connectivity index (χ3v) is 5.85. The molecule has 0 aliphatic heterocycles. The largest absolute Gasteiger partial charge is 0.338 e. The van der Waals surface area contributed by atoms with Gasteiger partial charge in [0.25, 0.3) is 0 Å². The number of amides is 1. The number of hydrogen-bond donors (Lipinski definition) is 0. The molecule has 0 atom stereocenters. The van der Waals surface area contributed by atoms with Gasteiger partial charge in [0.2, 0.25) is 5.91 Å². The van der Waals surface area contributed by atoms with Crippen molar-refractivity contribution in [2.45, 2.75) is 45.2 Å². The van der Waals surface area contributed by atoms with Crippen molar-refractivity contribution >= 4 is 5.91 Å². The van der Waals surface area contributed by atoms with Gasteiger partial charge in [0.1, 0.15) is 5.82 Å². The minimum absolute atomic E-state index is 0.107. The van der Waals surface area contributed by atoms with Crippen LogP contribution in [0.5, 0.6) is 0 Å². The highest BCUT2D eigenvalue weighted by atomic mass is 16.2. The molecule has 0 unspecified atom stereocenters. The predicted molar refractivity (Wildman–Crippen MR) is 111 cm³/mol. The summed E-state index contributed by atoms with van der Waals surface area (Å²) >= 11 is 0. The number of carbonyl (C=O) groups is 1. The summed E-state index contributed by atoms with van der Waals surface area (Å²) < 4.78 is 2.08. The summed E-state index contributed by atoms with van der Waals surface area (Å²) in [5.41, 5.74) is 5.31. The molecule has 28 heavy (non-hydrogen) atoms. The van der Waals surface area contributed by atoms with Gasteiger partial charge < -0.3 is 9.47 Å². The molecule has 1 aromatic heterocycles. The van der Waals surface area contributed by atoms with Gasteiger partial charge in [-0.2, -0.15) is 0 Å². The van der Waals surface area contributed by atoms with Crippen LogP contribution in [0.4, 0.5) is 0 Å². The highest BCUT2D eigenvalue weighted by Gasteiger charge is 2.26. The molecule has 0 fully saturated rings. The molecule has 0 bridgehead atoms. The van der Waals surface area contributed by atoms with E-state index >= 15 is 0 Å². The Kier molecular flexibility index (Phi) is 5.29. The second-order valence-corrected chi connectivity index (χ2v) is 7.53. The Bertz CT molecular complexity index is 928. The Morgan fingerprint density at radius 2 is 1.68 bits per heavy atom. The molecule has 0 spiro atoms. The standard InChI is InChI=1S/C24H27N3O/c1-3-27-15-14-25-23(27)17-26(2)24(28)16-22-20-10-6-4-8-18(20)12-13-19-9-5-7-11-21(19)22/h4-11,14-15,22H,3,12-13,16-17H2,1-2H3. The molecular formula is C24H27N3O. The smallest absolute Gasteiger partial charge is 0.223 e. The van der Waals surface area contributed by atoms with Gasteiger partial charge in [0.05, 0.1) is 6.54 Å². The molecule has 0 saturated carbocycles. The van der Waals surface area contributed by atoms with E-state index in [4.69, 9.17) is 0 Å². The molecule has 0 saturated heterocycles. The second-order valence-electron chi connectivity index (χ2n) is 7.53. The lowest BCUT2D eigenvalue weighted by molar-refractivity contribution is -0.130. The van der Waals surface area contributed by atoms with Gasteiger partial charge in [-0.25, -0.2) is 4.98 Å². The van der Waals surface area contributed by atoms with Crippen molar-refractivity contribution in [3.05, 3.63) is 89.0 Å². The molecule has 4 nitrogen and oxygen atoms in total. The maximum Gasteiger partial charge on any atom is 0.223 e. The number of imidazole rings is 1. The summed E-state index contributed by atoms with van der Waals surface area (Å²) in [6, 6.07) is 17.2. The first-order chi connectivity index (χ1) is 13.7. The molecule has 3 aromatic rings. The van der Waals surface area contributed by atoms with Gasteiger partial charge in [-0.3, -0.25) is 4.79 Å². The monoisotopic (exact) mass is 373 g/mol. The molecule has 4 heteroatoms. The van der Waals surface area contributed by atoms with E-state index < -0.39 is 0 Å². The Morgan fingerprint density at radius 3 is 2.29 bits per heavy atom. The Labute approximate surface area is 166 Å². The van der Waals surface area contributed by atoms with Crippen molar-refractivity contribution in [2.75, 3.05) is 7.05 Å². The number of aryl methyl sites for hydroxylation is 3. The van der Waals surface area contributed by atoms with Gasteiger partial charge in [0.15, 0.2) is 0 Å². The normalized spacial score (nSPS) is 13.5. The van der Waals surface area contributed by atoms with Crippen molar-refractivity contribution in [3.63, 3.8) is 0 Å². The highest BCUT2D eigenvalue weighted by molar-refractivity contribution is 5.77. The minimum atomic E-state index is 0.107. The summed E-state index contributed by atoms with van der Waals surface area (Å²) in [7, 11) is 1.88. The predicted octanol–water partition coefficient (Wildman–Crippen LogP) is 4.18. The topological polar surface area (TPSA) is 38.1 Å². The van der Waals surface area contributed by atoms with Crippen molar-refractivity contribution in [2.24, 2.45) is 0 Å². The molecule has 4 rings (SSSR count). The molecule has 1 aliphatic rings. The minimum Gasteiger partial charge on any atom is -0.338 e. The van der Waals surface area contributed by atoms with Gasteiger partial charge in [0, 0.05) is 38.3 Å². The van der Waals surface area contributed by atoms with Crippen LogP contribution in [0.25, 0.3) is 0 Å². The van der Waals surface area contributed by atoms with E-state index in [-0.39, 0.29) is 11.8 Å². The van der Waals surface area contributed by atoms with E-state index in [1.807, 2.05) is 18.1 Å². The maximum absolute atomic E-state index is 13.2. The van der Waals surface area contributed by atoms with Crippen molar-refractivity contribution < 1.29 is 4.79 Å². The summed E-state index contributed by atoms with van der Waals surface area (Å²) in [6.07, 6.45) is 6.31. The zero-order valence-corrected chi connectivity index (χ0v) is 16.6. The van der Waals surface area contributed by atoms with Crippen molar-refractivity contribution in [1.29, 1.82) is 0 Å². The first kappa shape index (κ1) is 18.5. The summed E-state index contributed by atoms with van der Waals surface area (Å²) in [5.74, 6) is 1.19. The van der Waals surface area contributed by atoms with E-state index in [0.717, 1.165) is 25.2 Å². The lowest BCUT2D eigenvalue weighted by Gasteiger charge is -2.24. The quantitative estimate of drug-likeness (QED) is 0.673. The lowest BCUT2D eigenvalue weighted by atomic mass is 9.85. The Hall–Kier alpha value is -2.88. The molecule has 144 valence electrons. The number of rotatable bonds is 5. The highest BCUT2D eigenvalue weighted by Crippen LogP contribution is 2.36. The Morgan fingerprint density at radius 1 is 1.07 bits per heavy atom.